The zero-order chi connectivity index (χ0) is 17.7. The van der Waals surface area contributed by atoms with Gasteiger partial charge in [0, 0.05) is 17.4 Å². The number of nitrogens with one attached hydrogen (secondary N) is 2. The third kappa shape index (κ3) is 4.05. The largest absolute Gasteiger partial charge is 0.332 e. The summed E-state index contributed by atoms with van der Waals surface area (Å²) in [5.41, 5.74) is 2.96. The summed E-state index contributed by atoms with van der Waals surface area (Å²) in [6.07, 6.45) is 1.70. The summed E-state index contributed by atoms with van der Waals surface area (Å²) < 4.78 is 13.4. The molecule has 2 aromatic rings. The van der Waals surface area contributed by atoms with Crippen LogP contribution in [-0.4, -0.2) is 10.0 Å². The molecule has 7 heteroatoms. The molecule has 0 unspecified atom stereocenters. The van der Waals surface area contributed by atoms with Crippen LogP contribution in [0.5, 0.6) is 0 Å². The molecule has 2 rings (SSSR count). The van der Waals surface area contributed by atoms with E-state index in [4.69, 9.17) is 12.2 Å². The van der Waals surface area contributed by atoms with E-state index in [9.17, 15) is 14.5 Å². The predicted octanol–water partition coefficient (Wildman–Crippen LogP) is 4.67. The lowest BCUT2D eigenvalue weighted by molar-refractivity contribution is -0.387. The number of para-hydroxylation sites is 1. The average Bonchev–Trinajstić information content (AvgIpc) is 2.56. The van der Waals surface area contributed by atoms with Crippen molar-refractivity contribution in [2.24, 2.45) is 0 Å². The molecule has 0 amide bonds. The van der Waals surface area contributed by atoms with Gasteiger partial charge in [-0.1, -0.05) is 32.0 Å². The molecule has 2 N–H and O–H groups in total. The Labute approximate surface area is 145 Å². The van der Waals surface area contributed by atoms with E-state index in [1.54, 1.807) is 0 Å². The normalized spacial score (nSPS) is 10.3. The van der Waals surface area contributed by atoms with Gasteiger partial charge in [-0.15, -0.1) is 0 Å². The summed E-state index contributed by atoms with van der Waals surface area (Å²) in [5, 5.41) is 17.1. The molecular formula is C17H18FN3O2S. The number of nitro groups is 1. The Hall–Kier alpha value is -2.54. The number of hydrogen-bond donors (Lipinski definition) is 2. The Kier molecular flexibility index (Phi) is 5.81. The van der Waals surface area contributed by atoms with Crippen molar-refractivity contribution in [2.45, 2.75) is 26.7 Å². The second kappa shape index (κ2) is 7.83. The van der Waals surface area contributed by atoms with Crippen molar-refractivity contribution in [3.05, 3.63) is 63.5 Å². The second-order valence-electron chi connectivity index (χ2n) is 5.16. The van der Waals surface area contributed by atoms with Crippen LogP contribution < -0.4 is 10.6 Å². The van der Waals surface area contributed by atoms with E-state index in [0.29, 0.717) is 10.8 Å². The Morgan fingerprint density at radius 1 is 1.17 bits per heavy atom. The number of nitrogens with zero attached hydrogens (tertiary/aromatic N) is 1. The maximum Gasteiger partial charge on any atom is 0.306 e. The van der Waals surface area contributed by atoms with Crippen LogP contribution in [-0.2, 0) is 12.8 Å². The number of nitro benzene ring substituents is 1. The summed E-state index contributed by atoms with van der Waals surface area (Å²) >= 11 is 5.29. The first-order chi connectivity index (χ1) is 11.5. The summed E-state index contributed by atoms with van der Waals surface area (Å²) in [7, 11) is 0. The van der Waals surface area contributed by atoms with Crippen LogP contribution in [0.15, 0.2) is 36.4 Å². The quantitative estimate of drug-likeness (QED) is 0.467. The first kappa shape index (κ1) is 17.8. The lowest BCUT2D eigenvalue weighted by Crippen LogP contribution is -2.21. The van der Waals surface area contributed by atoms with Gasteiger partial charge < -0.3 is 10.6 Å². The highest BCUT2D eigenvalue weighted by Gasteiger charge is 2.15. The summed E-state index contributed by atoms with van der Waals surface area (Å²) in [6, 6.07) is 9.61. The minimum Gasteiger partial charge on any atom is -0.332 e. The van der Waals surface area contributed by atoms with Crippen LogP contribution >= 0.6 is 12.2 Å². The SMILES string of the molecule is CCc1cccc(CC)c1NC(=S)Nc1ccc(F)c([N+](=O)[O-])c1. The minimum absolute atomic E-state index is 0.298. The summed E-state index contributed by atoms with van der Waals surface area (Å²) in [4.78, 5) is 10.0. The van der Waals surface area contributed by atoms with E-state index >= 15 is 0 Å². The maximum absolute atomic E-state index is 13.4. The molecule has 0 bridgehead atoms. The highest BCUT2D eigenvalue weighted by molar-refractivity contribution is 7.80. The maximum atomic E-state index is 13.4. The standard InChI is InChI=1S/C17H18FN3O2S/c1-3-11-6-5-7-12(4-2)16(11)20-17(24)19-13-8-9-14(18)15(10-13)21(22)23/h5-10H,3-4H2,1-2H3,(H2,19,20,24). The first-order valence-electron chi connectivity index (χ1n) is 7.59. The van der Waals surface area contributed by atoms with Crippen molar-refractivity contribution in [1.29, 1.82) is 0 Å². The molecular weight excluding hydrogens is 329 g/mol. The Morgan fingerprint density at radius 3 is 2.33 bits per heavy atom. The third-order valence-electron chi connectivity index (χ3n) is 3.64. The van der Waals surface area contributed by atoms with Gasteiger partial charge in [-0.05, 0) is 48.3 Å². The fraction of sp³-hybridized carbons (Fsp3) is 0.235. The van der Waals surface area contributed by atoms with Crippen molar-refractivity contribution in [3.8, 4) is 0 Å². The Balaban J connectivity index is 2.20. The fourth-order valence-electron chi connectivity index (χ4n) is 2.41. The second-order valence-corrected chi connectivity index (χ2v) is 5.57. The number of rotatable bonds is 5. The van der Waals surface area contributed by atoms with E-state index < -0.39 is 16.4 Å². The molecule has 5 nitrogen and oxygen atoms in total. The van der Waals surface area contributed by atoms with Crippen molar-refractivity contribution in [1.82, 2.24) is 0 Å². The highest BCUT2D eigenvalue weighted by atomic mass is 32.1. The minimum atomic E-state index is -0.881. The Morgan fingerprint density at radius 2 is 1.79 bits per heavy atom. The third-order valence-corrected chi connectivity index (χ3v) is 3.84. The van der Waals surface area contributed by atoms with Crippen LogP contribution in [0.25, 0.3) is 0 Å². The van der Waals surface area contributed by atoms with E-state index in [2.05, 4.69) is 24.5 Å². The zero-order valence-corrected chi connectivity index (χ0v) is 14.2. The number of benzene rings is 2. The molecule has 24 heavy (non-hydrogen) atoms. The molecule has 0 atom stereocenters. The van der Waals surface area contributed by atoms with Gasteiger partial charge in [0.1, 0.15) is 0 Å². The molecule has 0 saturated carbocycles. The van der Waals surface area contributed by atoms with Gasteiger partial charge in [0.25, 0.3) is 0 Å². The zero-order valence-electron chi connectivity index (χ0n) is 13.4. The molecule has 0 saturated heterocycles. The van der Waals surface area contributed by atoms with E-state index in [1.807, 2.05) is 18.2 Å². The number of hydrogen-bond acceptors (Lipinski definition) is 3. The molecule has 0 radical (unpaired) electrons. The van der Waals surface area contributed by atoms with Gasteiger partial charge in [-0.2, -0.15) is 4.39 Å². The van der Waals surface area contributed by atoms with Crippen LogP contribution in [0.3, 0.4) is 0 Å². The Bertz CT molecular complexity index is 758. The predicted molar refractivity (Wildman–Crippen MR) is 98.1 cm³/mol. The van der Waals surface area contributed by atoms with Gasteiger partial charge in [0.15, 0.2) is 5.11 Å². The number of anilines is 2. The van der Waals surface area contributed by atoms with Gasteiger partial charge in [-0.25, -0.2) is 0 Å². The van der Waals surface area contributed by atoms with Gasteiger partial charge >= 0.3 is 5.69 Å². The summed E-state index contributed by atoms with van der Waals surface area (Å²) in [5.74, 6) is -0.881. The molecule has 0 spiro atoms. The molecule has 0 aromatic heterocycles. The van der Waals surface area contributed by atoms with E-state index in [-0.39, 0.29) is 0 Å². The number of aryl methyl sites for hydroxylation is 2. The number of thiocarbonyl (C=S) groups is 1. The van der Waals surface area contributed by atoms with Gasteiger partial charge in [-0.3, -0.25) is 10.1 Å². The van der Waals surface area contributed by atoms with Crippen LogP contribution in [0.4, 0.5) is 21.5 Å². The smallest absolute Gasteiger partial charge is 0.306 e. The van der Waals surface area contributed by atoms with E-state index in [1.165, 1.54) is 6.07 Å². The molecule has 2 aromatic carbocycles. The van der Waals surface area contributed by atoms with Gasteiger partial charge in [0.05, 0.1) is 4.92 Å². The van der Waals surface area contributed by atoms with Gasteiger partial charge in [0.2, 0.25) is 5.82 Å². The van der Waals surface area contributed by atoms with Crippen LogP contribution in [0, 0.1) is 15.9 Å². The molecule has 0 heterocycles. The lowest BCUT2D eigenvalue weighted by atomic mass is 10.0. The van der Waals surface area contributed by atoms with E-state index in [0.717, 1.165) is 41.8 Å². The molecule has 0 aliphatic heterocycles. The monoisotopic (exact) mass is 347 g/mol. The highest BCUT2D eigenvalue weighted by Crippen LogP contribution is 2.24. The lowest BCUT2D eigenvalue weighted by Gasteiger charge is -2.17. The molecule has 0 aliphatic rings. The molecule has 0 fully saturated rings. The van der Waals surface area contributed by atoms with Crippen molar-refractivity contribution < 1.29 is 9.31 Å². The summed E-state index contributed by atoms with van der Waals surface area (Å²) in [6.45, 7) is 4.11. The number of halogens is 1. The van der Waals surface area contributed by atoms with Crippen molar-refractivity contribution in [2.75, 3.05) is 10.6 Å². The fourth-order valence-corrected chi connectivity index (χ4v) is 2.63. The van der Waals surface area contributed by atoms with Crippen molar-refractivity contribution >= 4 is 34.4 Å². The molecule has 0 aliphatic carbocycles. The van der Waals surface area contributed by atoms with Crippen LogP contribution in [0.1, 0.15) is 25.0 Å². The molecule has 126 valence electrons. The average molecular weight is 347 g/mol. The van der Waals surface area contributed by atoms with Crippen molar-refractivity contribution in [3.63, 3.8) is 0 Å². The van der Waals surface area contributed by atoms with Crippen LogP contribution in [0.2, 0.25) is 0 Å². The first-order valence-corrected chi connectivity index (χ1v) is 7.99. The topological polar surface area (TPSA) is 67.2 Å².